The number of barbiturate groups is 1. The Labute approximate surface area is 204 Å². The predicted octanol–water partition coefficient (Wildman–Crippen LogP) is 3.77. The summed E-state index contributed by atoms with van der Waals surface area (Å²) >= 11 is 0. The molecular formula is C28H28N4O3. The number of aromatic nitrogens is 1. The van der Waals surface area contributed by atoms with Crippen LogP contribution in [0.4, 0.5) is 10.6 Å². The van der Waals surface area contributed by atoms with Gasteiger partial charge in [-0.1, -0.05) is 42.0 Å². The predicted molar refractivity (Wildman–Crippen MR) is 133 cm³/mol. The van der Waals surface area contributed by atoms with E-state index >= 15 is 0 Å². The molecule has 0 radical (unpaired) electrons. The minimum absolute atomic E-state index is 0.235. The molecule has 2 atom stereocenters. The molecule has 3 aliphatic rings. The summed E-state index contributed by atoms with van der Waals surface area (Å²) < 4.78 is 0. The first-order valence-corrected chi connectivity index (χ1v) is 12.4. The molecule has 0 aliphatic carbocycles. The van der Waals surface area contributed by atoms with Gasteiger partial charge in [-0.2, -0.15) is 0 Å². The molecule has 2 aromatic carbocycles. The van der Waals surface area contributed by atoms with Crippen LogP contribution in [0.3, 0.4) is 0 Å². The number of carbonyl (C=O) groups is 3. The molecule has 178 valence electrons. The number of aryl methyl sites for hydroxylation is 1. The van der Waals surface area contributed by atoms with Gasteiger partial charge in [-0.15, -0.1) is 0 Å². The Morgan fingerprint density at radius 3 is 2.71 bits per heavy atom. The van der Waals surface area contributed by atoms with Crippen LogP contribution in [0.1, 0.15) is 36.0 Å². The van der Waals surface area contributed by atoms with Gasteiger partial charge in [0.15, 0.2) is 5.41 Å². The lowest BCUT2D eigenvalue weighted by molar-refractivity contribution is -0.154. The van der Waals surface area contributed by atoms with Crippen LogP contribution < -0.4 is 10.2 Å². The molecule has 1 aromatic heterocycles. The smallest absolute Gasteiger partial charge is 0.330 e. The largest absolute Gasteiger partial charge is 0.352 e. The molecule has 2 saturated heterocycles. The summed E-state index contributed by atoms with van der Waals surface area (Å²) in [5, 5.41) is 3.54. The first kappa shape index (κ1) is 21.8. The first-order valence-electron chi connectivity index (χ1n) is 12.4. The van der Waals surface area contributed by atoms with Gasteiger partial charge >= 0.3 is 6.03 Å². The lowest BCUT2D eigenvalue weighted by Crippen LogP contribution is -2.72. The molecule has 0 saturated carbocycles. The highest BCUT2D eigenvalue weighted by Crippen LogP contribution is 2.47. The van der Waals surface area contributed by atoms with E-state index in [1.165, 1.54) is 4.90 Å². The van der Waals surface area contributed by atoms with Gasteiger partial charge in [-0.3, -0.25) is 19.8 Å². The van der Waals surface area contributed by atoms with Crippen molar-refractivity contribution < 1.29 is 14.4 Å². The van der Waals surface area contributed by atoms with Crippen LogP contribution in [0.5, 0.6) is 0 Å². The van der Waals surface area contributed by atoms with Crippen molar-refractivity contribution in [2.75, 3.05) is 18.0 Å². The molecule has 6 rings (SSSR count). The molecule has 3 aliphatic heterocycles. The fourth-order valence-corrected chi connectivity index (χ4v) is 6.07. The number of piperidine rings is 1. The fraction of sp³-hybridized carbons (Fsp3) is 0.357. The van der Waals surface area contributed by atoms with Crippen LogP contribution in [-0.4, -0.2) is 46.9 Å². The number of urea groups is 1. The number of pyridine rings is 1. The van der Waals surface area contributed by atoms with Gasteiger partial charge in [0.2, 0.25) is 11.8 Å². The second-order valence-electron chi connectivity index (χ2n) is 9.97. The zero-order chi connectivity index (χ0) is 24.2. The standard InChI is InChI=1S/C28H28N4O3/c1-18-10-11-22-20(15-18)16-21-17-28(23-9-5-6-13-31(23)24(21)29-22)25(33)30-27(35)32(26(28)34)14-12-19-7-3-2-4-8-19/h2-4,7-8,10-11,15-16,23H,5-6,9,12-14,17H2,1H3,(H,30,33,35)/t23-,28+/m0/s1. The van der Waals surface area contributed by atoms with Crippen LogP contribution in [0.15, 0.2) is 54.6 Å². The number of imide groups is 2. The topological polar surface area (TPSA) is 82.6 Å². The minimum Gasteiger partial charge on any atom is -0.352 e. The number of amides is 4. The molecule has 0 bridgehead atoms. The summed E-state index contributed by atoms with van der Waals surface area (Å²) in [5.74, 6) is 0.00874. The molecule has 35 heavy (non-hydrogen) atoms. The van der Waals surface area contributed by atoms with Gasteiger partial charge in [0.1, 0.15) is 5.82 Å². The first-order chi connectivity index (χ1) is 17.0. The van der Waals surface area contributed by atoms with Crippen LogP contribution >= 0.6 is 0 Å². The zero-order valence-electron chi connectivity index (χ0n) is 19.8. The Hall–Kier alpha value is -3.74. The van der Waals surface area contributed by atoms with Crippen molar-refractivity contribution in [1.82, 2.24) is 15.2 Å². The molecule has 0 unspecified atom stereocenters. The van der Waals surface area contributed by atoms with E-state index in [0.717, 1.165) is 52.8 Å². The van der Waals surface area contributed by atoms with Crippen molar-refractivity contribution in [3.63, 3.8) is 0 Å². The molecular weight excluding hydrogens is 440 g/mol. The van der Waals surface area contributed by atoms with Crippen molar-refractivity contribution in [1.29, 1.82) is 0 Å². The number of rotatable bonds is 3. The van der Waals surface area contributed by atoms with Gasteiger partial charge in [-0.05, 0) is 61.9 Å². The number of fused-ring (bicyclic) bond motifs is 5. The van der Waals surface area contributed by atoms with Crippen LogP contribution in [0.25, 0.3) is 10.9 Å². The third kappa shape index (κ3) is 3.40. The van der Waals surface area contributed by atoms with Gasteiger partial charge < -0.3 is 4.90 Å². The quantitative estimate of drug-likeness (QED) is 0.592. The number of carbonyl (C=O) groups excluding carboxylic acids is 3. The van der Waals surface area contributed by atoms with E-state index in [1.807, 2.05) is 49.4 Å². The third-order valence-electron chi connectivity index (χ3n) is 7.80. The fourth-order valence-electron chi connectivity index (χ4n) is 6.07. The molecule has 7 nitrogen and oxygen atoms in total. The monoisotopic (exact) mass is 468 g/mol. The number of nitrogens with one attached hydrogen (secondary N) is 1. The molecule has 1 N–H and O–H groups in total. The van der Waals surface area contributed by atoms with Gasteiger partial charge in [0, 0.05) is 24.9 Å². The van der Waals surface area contributed by atoms with E-state index in [0.29, 0.717) is 12.8 Å². The summed E-state index contributed by atoms with van der Waals surface area (Å²) in [4.78, 5) is 48.9. The minimum atomic E-state index is -1.34. The van der Waals surface area contributed by atoms with Gasteiger partial charge in [-0.25, -0.2) is 9.78 Å². The van der Waals surface area contributed by atoms with E-state index < -0.39 is 17.4 Å². The van der Waals surface area contributed by atoms with E-state index in [1.54, 1.807) is 0 Å². The maximum Gasteiger partial charge on any atom is 0.330 e. The van der Waals surface area contributed by atoms with Crippen molar-refractivity contribution >= 4 is 34.6 Å². The number of hydrogen-bond donors (Lipinski definition) is 1. The van der Waals surface area contributed by atoms with Crippen LogP contribution in [0.2, 0.25) is 0 Å². The number of anilines is 1. The molecule has 2 fully saturated rings. The Kier molecular flexibility index (Phi) is 5.09. The highest BCUT2D eigenvalue weighted by molar-refractivity contribution is 6.20. The van der Waals surface area contributed by atoms with Crippen molar-refractivity contribution in [2.24, 2.45) is 5.41 Å². The average Bonchev–Trinajstić information content (AvgIpc) is 2.87. The van der Waals surface area contributed by atoms with E-state index in [4.69, 9.17) is 4.98 Å². The Morgan fingerprint density at radius 1 is 1.06 bits per heavy atom. The average molecular weight is 469 g/mol. The normalized spacial score (nSPS) is 23.9. The van der Waals surface area contributed by atoms with Crippen molar-refractivity contribution in [3.05, 3.63) is 71.3 Å². The molecule has 7 heteroatoms. The lowest BCUT2D eigenvalue weighted by Gasteiger charge is -2.53. The van der Waals surface area contributed by atoms with E-state index in [2.05, 4.69) is 22.3 Å². The SMILES string of the molecule is Cc1ccc2nc3c(cc2c1)C[C@]1(C(=O)NC(=O)N(CCc2ccccc2)C1=O)[C@@H]1CCCCN31. The van der Waals surface area contributed by atoms with Crippen molar-refractivity contribution in [3.8, 4) is 0 Å². The van der Waals surface area contributed by atoms with Crippen LogP contribution in [0, 0.1) is 12.3 Å². The maximum atomic E-state index is 14.1. The second-order valence-corrected chi connectivity index (χ2v) is 9.97. The van der Waals surface area contributed by atoms with Crippen LogP contribution in [-0.2, 0) is 22.4 Å². The number of nitrogens with zero attached hydrogens (tertiary/aromatic N) is 3. The molecule has 3 aromatic rings. The van der Waals surface area contributed by atoms with Crippen molar-refractivity contribution in [2.45, 2.75) is 45.1 Å². The summed E-state index contributed by atoms with van der Waals surface area (Å²) in [6.45, 7) is 3.01. The summed E-state index contributed by atoms with van der Waals surface area (Å²) in [6, 6.07) is 17.1. The molecule has 4 amide bonds. The lowest BCUT2D eigenvalue weighted by atomic mass is 9.66. The second kappa shape index (κ2) is 8.18. The molecule has 4 heterocycles. The number of hydrogen-bond acceptors (Lipinski definition) is 5. The highest BCUT2D eigenvalue weighted by atomic mass is 16.2. The Bertz CT molecular complexity index is 1360. The summed E-state index contributed by atoms with van der Waals surface area (Å²) in [5.41, 5.74) is 2.64. The van der Waals surface area contributed by atoms with Gasteiger partial charge in [0.05, 0.1) is 11.6 Å². The maximum absolute atomic E-state index is 14.1. The van der Waals surface area contributed by atoms with E-state index in [-0.39, 0.29) is 24.9 Å². The Morgan fingerprint density at radius 2 is 1.89 bits per heavy atom. The zero-order valence-corrected chi connectivity index (χ0v) is 19.8. The molecule has 1 spiro atoms. The summed E-state index contributed by atoms with van der Waals surface area (Å²) in [7, 11) is 0. The third-order valence-corrected chi connectivity index (χ3v) is 7.80. The number of benzene rings is 2. The summed E-state index contributed by atoms with van der Waals surface area (Å²) in [6.07, 6.45) is 3.42. The van der Waals surface area contributed by atoms with Gasteiger partial charge in [0.25, 0.3) is 0 Å². The highest BCUT2D eigenvalue weighted by Gasteiger charge is 2.62. The van der Waals surface area contributed by atoms with E-state index in [9.17, 15) is 14.4 Å². The Balaban J connectivity index is 1.43.